The Labute approximate surface area is 139 Å². The summed E-state index contributed by atoms with van der Waals surface area (Å²) in [5, 5.41) is 12.9. The third-order valence-corrected chi connectivity index (χ3v) is 4.79. The van der Waals surface area contributed by atoms with Crippen LogP contribution >= 0.6 is 27.7 Å². The molecule has 2 aromatic heterocycles. The fourth-order valence-corrected chi connectivity index (χ4v) is 3.59. The molecule has 0 N–H and O–H groups in total. The van der Waals surface area contributed by atoms with Crippen LogP contribution in [0.15, 0.2) is 44.8 Å². The quantitative estimate of drug-likeness (QED) is 0.644. The van der Waals surface area contributed by atoms with Gasteiger partial charge in [0.25, 0.3) is 0 Å². The summed E-state index contributed by atoms with van der Waals surface area (Å²) in [6, 6.07) is 7.62. The molecular weight excluding hydrogens is 368 g/mol. The molecule has 0 aliphatic rings. The third kappa shape index (κ3) is 2.86. The second-order valence-electron chi connectivity index (χ2n) is 4.65. The average molecular weight is 381 g/mol. The van der Waals surface area contributed by atoms with E-state index in [0.29, 0.717) is 5.75 Å². The summed E-state index contributed by atoms with van der Waals surface area (Å²) in [6.07, 6.45) is 1.90. The van der Waals surface area contributed by atoms with Crippen molar-refractivity contribution in [2.75, 3.05) is 0 Å². The first kappa shape index (κ1) is 15.0. The Morgan fingerprint density at radius 3 is 2.68 bits per heavy atom. The number of benzene rings is 1. The Morgan fingerprint density at radius 2 is 2.05 bits per heavy atom. The van der Waals surface area contributed by atoms with Crippen LogP contribution in [-0.4, -0.2) is 29.6 Å². The van der Waals surface area contributed by atoms with Gasteiger partial charge in [0.15, 0.2) is 0 Å². The maximum Gasteiger partial charge on any atom is 0.368 e. The zero-order chi connectivity index (χ0) is 15.7. The summed E-state index contributed by atoms with van der Waals surface area (Å²) in [7, 11) is 3.46. The Balaban J connectivity index is 1.96. The topological polar surface area (TPSA) is 70.5 Å². The number of halogens is 1. The number of hydrogen-bond donors (Lipinski definition) is 0. The van der Waals surface area contributed by atoms with E-state index >= 15 is 0 Å². The van der Waals surface area contributed by atoms with E-state index in [-0.39, 0.29) is 5.69 Å². The first-order valence-corrected chi connectivity index (χ1v) is 8.23. The largest absolute Gasteiger partial charge is 0.368 e. The first-order chi connectivity index (χ1) is 10.6. The molecule has 1 aromatic carbocycles. The maximum absolute atomic E-state index is 12.1. The van der Waals surface area contributed by atoms with Gasteiger partial charge in [0.2, 0.25) is 0 Å². The summed E-state index contributed by atoms with van der Waals surface area (Å²) < 4.78 is 5.19. The molecule has 0 fully saturated rings. The second kappa shape index (κ2) is 6.09. The van der Waals surface area contributed by atoms with Crippen molar-refractivity contribution in [3.05, 3.63) is 51.0 Å². The van der Waals surface area contributed by atoms with E-state index in [1.54, 1.807) is 23.5 Å². The molecule has 3 aromatic rings. The Morgan fingerprint density at radius 1 is 1.23 bits per heavy atom. The van der Waals surface area contributed by atoms with Crippen molar-refractivity contribution < 1.29 is 0 Å². The maximum atomic E-state index is 12.1. The van der Waals surface area contributed by atoms with E-state index in [9.17, 15) is 4.79 Å². The highest BCUT2D eigenvalue weighted by Gasteiger charge is 2.14. The molecule has 22 heavy (non-hydrogen) atoms. The van der Waals surface area contributed by atoms with E-state index in [2.05, 4.69) is 31.5 Å². The number of aryl methyl sites for hydroxylation is 2. The van der Waals surface area contributed by atoms with Crippen LogP contribution in [0.2, 0.25) is 0 Å². The normalized spacial score (nSPS) is 11.0. The Bertz CT molecular complexity index is 868. The molecule has 9 heteroatoms. The predicted molar refractivity (Wildman–Crippen MR) is 87.1 cm³/mol. The van der Waals surface area contributed by atoms with Crippen molar-refractivity contribution in [1.29, 1.82) is 0 Å². The van der Waals surface area contributed by atoms with Crippen LogP contribution in [0.4, 0.5) is 0 Å². The second-order valence-corrected chi connectivity index (χ2v) is 6.50. The van der Waals surface area contributed by atoms with Crippen LogP contribution < -0.4 is 5.69 Å². The molecule has 7 nitrogen and oxygen atoms in total. The molecule has 0 aliphatic heterocycles. The summed E-state index contributed by atoms with van der Waals surface area (Å²) in [4.78, 5) is 12.1. The molecule has 2 heterocycles. The molecule has 0 amide bonds. The summed E-state index contributed by atoms with van der Waals surface area (Å²) in [6.45, 7) is 0. The molecule has 0 unspecified atom stereocenters. The van der Waals surface area contributed by atoms with Gasteiger partial charge in [-0.05, 0) is 28.6 Å². The van der Waals surface area contributed by atoms with Gasteiger partial charge in [0, 0.05) is 36.1 Å². The number of tetrazole rings is 1. The third-order valence-electron chi connectivity index (χ3n) is 3.10. The van der Waals surface area contributed by atoms with Crippen molar-refractivity contribution in [3.8, 4) is 5.69 Å². The molecule has 0 saturated carbocycles. The first-order valence-electron chi connectivity index (χ1n) is 6.45. The molecule has 0 aliphatic carbocycles. The number of rotatable bonds is 4. The highest BCUT2D eigenvalue weighted by Crippen LogP contribution is 2.29. The lowest BCUT2D eigenvalue weighted by Crippen LogP contribution is -2.22. The molecule has 3 rings (SSSR count). The molecule has 0 spiro atoms. The van der Waals surface area contributed by atoms with Gasteiger partial charge in [-0.2, -0.15) is 14.5 Å². The minimum atomic E-state index is -0.276. The number of nitrogens with zero attached hydrogens (tertiary/aromatic N) is 6. The molecule has 0 radical (unpaired) electrons. The lowest BCUT2D eigenvalue weighted by Gasteiger charge is -2.09. The monoisotopic (exact) mass is 380 g/mol. The fourth-order valence-electron chi connectivity index (χ4n) is 1.97. The molecule has 0 atom stereocenters. The van der Waals surface area contributed by atoms with Crippen molar-refractivity contribution in [2.24, 2.45) is 14.1 Å². The lowest BCUT2D eigenvalue weighted by atomic mass is 10.2. The van der Waals surface area contributed by atoms with Crippen LogP contribution in [0.1, 0.15) is 5.56 Å². The van der Waals surface area contributed by atoms with Crippen molar-refractivity contribution >= 4 is 27.7 Å². The van der Waals surface area contributed by atoms with Crippen molar-refractivity contribution in [3.63, 3.8) is 0 Å². The zero-order valence-corrected chi connectivity index (χ0v) is 14.4. The SMILES string of the molecule is Cn1ccc(SCc2c(Br)cccc2-n2nnn(C)c2=O)n1. The number of hydrogen-bond acceptors (Lipinski definition) is 5. The van der Waals surface area contributed by atoms with Gasteiger partial charge in [-0.3, -0.25) is 4.68 Å². The van der Waals surface area contributed by atoms with Gasteiger partial charge < -0.3 is 0 Å². The average Bonchev–Trinajstić information content (AvgIpc) is 3.05. The number of aromatic nitrogens is 6. The van der Waals surface area contributed by atoms with Gasteiger partial charge in [-0.1, -0.05) is 33.8 Å². The van der Waals surface area contributed by atoms with Gasteiger partial charge in [0.05, 0.1) is 5.69 Å². The minimum absolute atomic E-state index is 0.276. The van der Waals surface area contributed by atoms with Crippen molar-refractivity contribution in [1.82, 2.24) is 29.6 Å². The van der Waals surface area contributed by atoms with Crippen molar-refractivity contribution in [2.45, 2.75) is 10.8 Å². The van der Waals surface area contributed by atoms with E-state index < -0.39 is 0 Å². The van der Waals surface area contributed by atoms with Gasteiger partial charge in [-0.25, -0.2) is 4.79 Å². The molecule has 0 bridgehead atoms. The standard InChI is InChI=1S/C13H13BrN6OS/c1-18-7-6-12(15-18)22-8-9-10(14)4-3-5-11(9)20-13(21)19(2)16-17-20/h3-7H,8H2,1-2H3. The molecular formula is C13H13BrN6OS. The fraction of sp³-hybridized carbons (Fsp3) is 0.231. The van der Waals surface area contributed by atoms with Gasteiger partial charge in [0.1, 0.15) is 5.03 Å². The van der Waals surface area contributed by atoms with Gasteiger partial charge >= 0.3 is 5.69 Å². The van der Waals surface area contributed by atoms with Crippen LogP contribution in [0.25, 0.3) is 5.69 Å². The van der Waals surface area contributed by atoms with Crippen LogP contribution in [0, 0.1) is 0 Å². The summed E-state index contributed by atoms with van der Waals surface area (Å²) in [5.41, 5.74) is 1.42. The van der Waals surface area contributed by atoms with Crippen LogP contribution in [0.3, 0.4) is 0 Å². The van der Waals surface area contributed by atoms with Gasteiger partial charge in [-0.15, -0.1) is 0 Å². The van der Waals surface area contributed by atoms with E-state index in [0.717, 1.165) is 20.7 Å². The Hall–Kier alpha value is -1.87. The molecule has 114 valence electrons. The highest BCUT2D eigenvalue weighted by molar-refractivity contribution is 9.10. The van der Waals surface area contributed by atoms with Crippen LogP contribution in [-0.2, 0) is 19.8 Å². The van der Waals surface area contributed by atoms with E-state index in [1.807, 2.05) is 37.5 Å². The van der Waals surface area contributed by atoms with Crippen LogP contribution in [0.5, 0.6) is 0 Å². The predicted octanol–water partition coefficient (Wildman–Crippen LogP) is 1.75. The van der Waals surface area contributed by atoms with E-state index in [1.165, 1.54) is 9.36 Å². The summed E-state index contributed by atoms with van der Waals surface area (Å²) >= 11 is 5.14. The number of thioether (sulfide) groups is 1. The molecule has 0 saturated heterocycles. The lowest BCUT2D eigenvalue weighted by molar-refractivity contribution is 0.692. The Kier molecular flexibility index (Phi) is 4.16. The smallest absolute Gasteiger partial charge is 0.275 e. The van der Waals surface area contributed by atoms with E-state index in [4.69, 9.17) is 0 Å². The highest BCUT2D eigenvalue weighted by atomic mass is 79.9. The zero-order valence-electron chi connectivity index (χ0n) is 12.0. The summed E-state index contributed by atoms with van der Waals surface area (Å²) in [5.74, 6) is 0.663. The minimum Gasteiger partial charge on any atom is -0.275 e.